The molecule has 0 radical (unpaired) electrons. The fourth-order valence-corrected chi connectivity index (χ4v) is 3.87. The third-order valence-corrected chi connectivity index (χ3v) is 5.48. The number of H-pyrrole nitrogens is 1. The number of benzene rings is 2. The van der Waals surface area contributed by atoms with Gasteiger partial charge in [0.1, 0.15) is 5.58 Å². The Kier molecular flexibility index (Phi) is 6.13. The van der Waals surface area contributed by atoms with Gasteiger partial charge >= 0.3 is 0 Å². The Morgan fingerprint density at radius 2 is 1.97 bits per heavy atom. The lowest BCUT2D eigenvalue weighted by molar-refractivity contribution is -0.117. The van der Waals surface area contributed by atoms with E-state index < -0.39 is 5.91 Å². The number of carbonyl (C=O) groups is 2. The third-order valence-electron chi connectivity index (χ3n) is 5.48. The summed E-state index contributed by atoms with van der Waals surface area (Å²) >= 11 is 0. The van der Waals surface area contributed by atoms with Crippen molar-refractivity contribution in [3.05, 3.63) is 60.0 Å². The van der Waals surface area contributed by atoms with Gasteiger partial charge in [-0.15, -0.1) is 0 Å². The van der Waals surface area contributed by atoms with E-state index in [2.05, 4.69) is 10.3 Å². The van der Waals surface area contributed by atoms with Crippen LogP contribution in [-0.4, -0.2) is 41.8 Å². The molecule has 8 heteroatoms. The third kappa shape index (κ3) is 4.92. The summed E-state index contributed by atoms with van der Waals surface area (Å²) in [4.78, 5) is 28.9. The first kappa shape index (κ1) is 21.5. The van der Waals surface area contributed by atoms with Crippen molar-refractivity contribution in [1.82, 2.24) is 9.88 Å². The standard InChI is InChI=1S/C24H27N5O3/c1-29(9-3-2-4-15-13-27-20-7-5-17(25)12-19(15)20)14-23(30)28-18-6-8-21-16(10-18)11-22(32-21)24(26)31/h5-8,10-13,27H,2-4,9,14,25H2,1H3,(H2,26,31)(H,28,30). The summed E-state index contributed by atoms with van der Waals surface area (Å²) in [7, 11) is 1.93. The minimum Gasteiger partial charge on any atom is -0.451 e. The average molecular weight is 434 g/mol. The number of likely N-dealkylation sites (N-methyl/N-ethyl adjacent to an activating group) is 1. The summed E-state index contributed by atoms with van der Waals surface area (Å²) in [6, 6.07) is 12.7. The molecule has 0 saturated carbocycles. The number of amides is 2. The Hall–Kier alpha value is -3.78. The molecule has 0 atom stereocenters. The summed E-state index contributed by atoms with van der Waals surface area (Å²) in [5.41, 5.74) is 15.5. The van der Waals surface area contributed by atoms with E-state index in [0.29, 0.717) is 23.2 Å². The second kappa shape index (κ2) is 9.15. The number of aryl methyl sites for hydroxylation is 1. The second-order valence-electron chi connectivity index (χ2n) is 8.09. The van der Waals surface area contributed by atoms with Crippen LogP contribution in [0.5, 0.6) is 0 Å². The van der Waals surface area contributed by atoms with Crippen LogP contribution < -0.4 is 16.8 Å². The smallest absolute Gasteiger partial charge is 0.284 e. The molecule has 0 unspecified atom stereocenters. The maximum atomic E-state index is 12.4. The Balaban J connectivity index is 1.23. The van der Waals surface area contributed by atoms with Gasteiger partial charge in [-0.3, -0.25) is 14.5 Å². The first-order valence-corrected chi connectivity index (χ1v) is 10.6. The number of furan rings is 1. The van der Waals surface area contributed by atoms with Crippen LogP contribution in [0.3, 0.4) is 0 Å². The van der Waals surface area contributed by atoms with Crippen molar-refractivity contribution in [1.29, 1.82) is 0 Å². The van der Waals surface area contributed by atoms with Gasteiger partial charge in [-0.1, -0.05) is 0 Å². The molecular formula is C24H27N5O3. The van der Waals surface area contributed by atoms with Crippen molar-refractivity contribution in [2.24, 2.45) is 5.73 Å². The zero-order chi connectivity index (χ0) is 22.7. The van der Waals surface area contributed by atoms with E-state index in [-0.39, 0.29) is 11.7 Å². The number of nitrogens with two attached hydrogens (primary N) is 2. The van der Waals surface area contributed by atoms with Crippen molar-refractivity contribution in [2.75, 3.05) is 31.2 Å². The molecule has 0 aliphatic carbocycles. The Labute approximate surface area is 185 Å². The van der Waals surface area contributed by atoms with Crippen molar-refractivity contribution in [3.8, 4) is 0 Å². The first-order chi connectivity index (χ1) is 15.4. The number of fused-ring (bicyclic) bond motifs is 2. The molecule has 0 aliphatic heterocycles. The lowest BCUT2D eigenvalue weighted by atomic mass is 10.1. The molecular weight excluding hydrogens is 406 g/mol. The molecule has 0 fully saturated rings. The van der Waals surface area contributed by atoms with Gasteiger partial charge in [-0.05, 0) is 80.9 Å². The molecule has 0 saturated heterocycles. The molecule has 32 heavy (non-hydrogen) atoms. The maximum absolute atomic E-state index is 12.4. The molecule has 2 aromatic carbocycles. The van der Waals surface area contributed by atoms with Crippen molar-refractivity contribution in [2.45, 2.75) is 19.3 Å². The maximum Gasteiger partial charge on any atom is 0.284 e. The predicted molar refractivity (Wildman–Crippen MR) is 127 cm³/mol. The molecule has 6 N–H and O–H groups in total. The summed E-state index contributed by atoms with van der Waals surface area (Å²) in [6.45, 7) is 1.11. The summed E-state index contributed by atoms with van der Waals surface area (Å²) in [6.07, 6.45) is 5.01. The lowest BCUT2D eigenvalue weighted by Gasteiger charge is -2.16. The Morgan fingerprint density at radius 1 is 1.12 bits per heavy atom. The van der Waals surface area contributed by atoms with Crippen molar-refractivity contribution < 1.29 is 14.0 Å². The van der Waals surface area contributed by atoms with Crippen LogP contribution in [0, 0.1) is 0 Å². The van der Waals surface area contributed by atoms with Crippen molar-refractivity contribution in [3.63, 3.8) is 0 Å². The van der Waals surface area contributed by atoms with Gasteiger partial charge in [0.25, 0.3) is 5.91 Å². The van der Waals surface area contributed by atoms with E-state index in [1.807, 2.05) is 36.3 Å². The van der Waals surface area contributed by atoms with Crippen LogP contribution in [0.1, 0.15) is 29.0 Å². The highest BCUT2D eigenvalue weighted by Crippen LogP contribution is 2.24. The number of hydrogen-bond acceptors (Lipinski definition) is 5. The molecule has 8 nitrogen and oxygen atoms in total. The fourth-order valence-electron chi connectivity index (χ4n) is 3.87. The van der Waals surface area contributed by atoms with Crippen molar-refractivity contribution >= 4 is 45.1 Å². The number of primary amides is 1. The number of rotatable bonds is 9. The number of carbonyl (C=O) groups excluding carboxylic acids is 2. The number of nitrogen functional groups attached to an aromatic ring is 1. The van der Waals surface area contributed by atoms with Gasteiger partial charge in [0.15, 0.2) is 5.76 Å². The topological polar surface area (TPSA) is 130 Å². The van der Waals surface area contributed by atoms with Gasteiger partial charge < -0.3 is 26.2 Å². The lowest BCUT2D eigenvalue weighted by Crippen LogP contribution is -2.30. The molecule has 2 heterocycles. The monoisotopic (exact) mass is 433 g/mol. The van der Waals surface area contributed by atoms with E-state index in [1.165, 1.54) is 10.9 Å². The molecule has 0 bridgehead atoms. The number of unbranched alkanes of at least 4 members (excludes halogenated alkanes) is 1. The number of nitrogens with one attached hydrogen (secondary N) is 2. The van der Waals surface area contributed by atoms with E-state index in [4.69, 9.17) is 15.9 Å². The second-order valence-corrected chi connectivity index (χ2v) is 8.09. The molecule has 4 rings (SSSR count). The highest BCUT2D eigenvalue weighted by atomic mass is 16.3. The number of aromatic nitrogens is 1. The van der Waals surface area contributed by atoms with E-state index in [9.17, 15) is 9.59 Å². The normalized spacial score (nSPS) is 11.4. The van der Waals surface area contributed by atoms with Gasteiger partial charge in [-0.2, -0.15) is 0 Å². The molecule has 2 aromatic heterocycles. The summed E-state index contributed by atoms with van der Waals surface area (Å²) in [5.74, 6) is -0.626. The van der Waals surface area contributed by atoms with E-state index >= 15 is 0 Å². The number of hydrogen-bond donors (Lipinski definition) is 4. The highest BCUT2D eigenvalue weighted by Gasteiger charge is 2.11. The van der Waals surface area contributed by atoms with Crippen LogP contribution in [-0.2, 0) is 11.2 Å². The quantitative estimate of drug-likeness (QED) is 0.237. The number of nitrogens with zero attached hydrogens (tertiary/aromatic N) is 1. The highest BCUT2D eigenvalue weighted by molar-refractivity contribution is 5.98. The zero-order valence-electron chi connectivity index (χ0n) is 18.0. The van der Waals surface area contributed by atoms with Gasteiger partial charge in [-0.25, -0.2) is 0 Å². The average Bonchev–Trinajstić information content (AvgIpc) is 3.34. The number of anilines is 2. The van der Waals surface area contributed by atoms with E-state index in [1.54, 1.807) is 24.3 Å². The Morgan fingerprint density at radius 3 is 2.78 bits per heavy atom. The SMILES string of the molecule is CN(CCCCc1c[nH]c2ccc(N)cc12)CC(=O)Nc1ccc2oc(C(N)=O)cc2c1. The van der Waals surface area contributed by atoms with Crippen LogP contribution in [0.25, 0.3) is 21.9 Å². The first-order valence-electron chi connectivity index (χ1n) is 10.6. The molecule has 0 spiro atoms. The Bertz CT molecular complexity index is 1270. The van der Waals surface area contributed by atoms with Crippen LogP contribution >= 0.6 is 0 Å². The summed E-state index contributed by atoms with van der Waals surface area (Å²) < 4.78 is 5.36. The minimum atomic E-state index is -0.623. The molecule has 166 valence electrons. The van der Waals surface area contributed by atoms with Gasteiger partial charge in [0, 0.05) is 33.9 Å². The zero-order valence-corrected chi connectivity index (χ0v) is 18.0. The van der Waals surface area contributed by atoms with Crippen LogP contribution in [0.15, 0.2) is 53.1 Å². The molecule has 4 aromatic rings. The fraction of sp³-hybridized carbons (Fsp3) is 0.250. The molecule has 2 amide bonds. The predicted octanol–water partition coefficient (Wildman–Crippen LogP) is 3.49. The number of aromatic amines is 1. The van der Waals surface area contributed by atoms with Gasteiger partial charge in [0.2, 0.25) is 5.91 Å². The van der Waals surface area contributed by atoms with Crippen LogP contribution in [0.2, 0.25) is 0 Å². The van der Waals surface area contributed by atoms with Gasteiger partial charge in [0.05, 0.1) is 6.54 Å². The minimum absolute atomic E-state index is 0.0966. The largest absolute Gasteiger partial charge is 0.451 e. The molecule has 0 aliphatic rings. The van der Waals surface area contributed by atoms with E-state index in [0.717, 1.165) is 37.0 Å². The summed E-state index contributed by atoms with van der Waals surface area (Å²) in [5, 5.41) is 4.78. The van der Waals surface area contributed by atoms with Crippen LogP contribution in [0.4, 0.5) is 11.4 Å².